The van der Waals surface area contributed by atoms with Crippen LogP contribution in [-0.2, 0) is 4.79 Å². The third-order valence-electron chi connectivity index (χ3n) is 5.90. The van der Waals surface area contributed by atoms with Crippen LogP contribution in [0.2, 0.25) is 0 Å². The molecule has 0 aliphatic carbocycles. The van der Waals surface area contributed by atoms with E-state index in [2.05, 4.69) is 11.9 Å². The second kappa shape index (κ2) is 8.26. The number of imidazole rings is 1. The van der Waals surface area contributed by atoms with Crippen LogP contribution in [0.15, 0.2) is 72.0 Å². The van der Waals surface area contributed by atoms with E-state index < -0.39 is 0 Å². The topological polar surface area (TPSA) is 68.5 Å². The molecule has 32 heavy (non-hydrogen) atoms. The molecule has 7 nitrogen and oxygen atoms in total. The van der Waals surface area contributed by atoms with Crippen LogP contribution in [0.5, 0.6) is 11.5 Å². The monoisotopic (exact) mass is 428 g/mol. The molecule has 0 radical (unpaired) electrons. The highest BCUT2D eigenvalue weighted by atomic mass is 16.5. The van der Waals surface area contributed by atoms with Crippen molar-refractivity contribution in [2.24, 2.45) is 0 Å². The van der Waals surface area contributed by atoms with Crippen LogP contribution < -0.4 is 26.4 Å². The molecular weight excluding hydrogens is 404 g/mol. The van der Waals surface area contributed by atoms with Crippen molar-refractivity contribution < 1.29 is 9.53 Å². The summed E-state index contributed by atoms with van der Waals surface area (Å²) >= 11 is 0. The lowest BCUT2D eigenvalue weighted by molar-refractivity contribution is -0.125. The number of carbonyl (C=O) groups is 1. The zero-order valence-electron chi connectivity index (χ0n) is 17.6. The number of aromatic nitrogens is 2. The molecule has 3 heterocycles. The summed E-state index contributed by atoms with van der Waals surface area (Å²) in [6, 6.07) is 17.0. The second-order valence-electron chi connectivity index (χ2n) is 7.86. The molecule has 2 aliphatic heterocycles. The smallest absolute Gasteiger partial charge is 0.334 e. The molecule has 1 atom stereocenters. The SMILES string of the molecule is C=CC(=O)N1CCC(n2c3c(n(-c4ccc(Oc5ccccc5)cc4)c2=O)=CNCC=3)C1. The average Bonchev–Trinajstić information content (AvgIpc) is 3.42. The molecule has 1 fully saturated rings. The molecule has 0 spiro atoms. The van der Waals surface area contributed by atoms with Gasteiger partial charge in [0.15, 0.2) is 0 Å². The van der Waals surface area contributed by atoms with Crippen LogP contribution in [0.3, 0.4) is 0 Å². The van der Waals surface area contributed by atoms with Gasteiger partial charge in [0.25, 0.3) is 0 Å². The Morgan fingerprint density at radius 2 is 1.81 bits per heavy atom. The van der Waals surface area contributed by atoms with Crippen molar-refractivity contribution in [3.8, 4) is 17.2 Å². The van der Waals surface area contributed by atoms with Gasteiger partial charge in [-0.05, 0) is 55.0 Å². The van der Waals surface area contributed by atoms with Gasteiger partial charge in [-0.2, -0.15) is 0 Å². The molecule has 1 saturated heterocycles. The number of para-hydroxylation sites is 1. The van der Waals surface area contributed by atoms with Crippen molar-refractivity contribution in [3.05, 3.63) is 88.4 Å². The Hall–Kier alpha value is -4.00. The first-order chi connectivity index (χ1) is 15.7. The van der Waals surface area contributed by atoms with Crippen LogP contribution in [0.25, 0.3) is 18.0 Å². The molecule has 1 aromatic heterocycles. The summed E-state index contributed by atoms with van der Waals surface area (Å²) in [4.78, 5) is 27.3. The van der Waals surface area contributed by atoms with Gasteiger partial charge < -0.3 is 15.0 Å². The van der Waals surface area contributed by atoms with Gasteiger partial charge in [-0.3, -0.25) is 13.9 Å². The van der Waals surface area contributed by atoms with Crippen LogP contribution in [0, 0.1) is 0 Å². The fourth-order valence-corrected chi connectivity index (χ4v) is 4.38. The second-order valence-corrected chi connectivity index (χ2v) is 7.86. The zero-order chi connectivity index (χ0) is 22.1. The van der Waals surface area contributed by atoms with Gasteiger partial charge >= 0.3 is 5.69 Å². The Morgan fingerprint density at radius 3 is 2.56 bits per heavy atom. The molecule has 3 aromatic rings. The number of hydrogen-bond donors (Lipinski definition) is 1. The zero-order valence-corrected chi connectivity index (χ0v) is 17.6. The number of likely N-dealkylation sites (tertiary alicyclic amines) is 1. The standard InChI is InChI=1S/C25H24N4O3/c1-2-24(30)27-15-13-19(17-27)29-22-12-14-26-16-23(22)28(25(29)31)18-8-10-21(11-9-18)32-20-6-4-3-5-7-20/h2-12,16,19,26H,1,13-15,17H2. The maximum atomic E-state index is 13.6. The summed E-state index contributed by atoms with van der Waals surface area (Å²) in [7, 11) is 0. The van der Waals surface area contributed by atoms with Crippen LogP contribution in [-0.4, -0.2) is 39.6 Å². The summed E-state index contributed by atoms with van der Waals surface area (Å²) in [5.74, 6) is 1.36. The number of nitrogens with zero attached hydrogens (tertiary/aromatic N) is 3. The highest BCUT2D eigenvalue weighted by molar-refractivity contribution is 5.87. The van der Waals surface area contributed by atoms with E-state index in [1.54, 1.807) is 9.47 Å². The van der Waals surface area contributed by atoms with Crippen molar-refractivity contribution in [2.75, 3.05) is 19.6 Å². The normalized spacial score (nSPS) is 17.0. The Morgan fingerprint density at radius 1 is 1.06 bits per heavy atom. The lowest BCUT2D eigenvalue weighted by Crippen LogP contribution is -2.40. The molecule has 7 heteroatoms. The molecule has 1 N–H and O–H groups in total. The summed E-state index contributed by atoms with van der Waals surface area (Å²) < 4.78 is 9.42. The van der Waals surface area contributed by atoms with Gasteiger partial charge in [-0.1, -0.05) is 24.8 Å². The largest absolute Gasteiger partial charge is 0.457 e. The van der Waals surface area contributed by atoms with E-state index in [1.807, 2.05) is 71.4 Å². The van der Waals surface area contributed by atoms with E-state index in [-0.39, 0.29) is 17.6 Å². The van der Waals surface area contributed by atoms with Gasteiger partial charge in [-0.25, -0.2) is 4.79 Å². The quantitative estimate of drug-likeness (QED) is 0.626. The van der Waals surface area contributed by atoms with Gasteiger partial charge in [0.05, 0.1) is 22.4 Å². The first-order valence-electron chi connectivity index (χ1n) is 10.7. The van der Waals surface area contributed by atoms with E-state index in [0.717, 1.165) is 28.6 Å². The average molecular weight is 428 g/mol. The number of benzene rings is 2. The summed E-state index contributed by atoms with van der Waals surface area (Å²) in [6.45, 7) is 5.36. The number of fused-ring (bicyclic) bond motifs is 1. The minimum Gasteiger partial charge on any atom is -0.457 e. The molecular formula is C25H24N4O3. The fraction of sp³-hybridized carbons (Fsp3) is 0.200. The number of ether oxygens (including phenoxy) is 1. The Bertz CT molecular complexity index is 1340. The van der Waals surface area contributed by atoms with Gasteiger partial charge in [-0.15, -0.1) is 0 Å². The predicted molar refractivity (Wildman–Crippen MR) is 123 cm³/mol. The van der Waals surface area contributed by atoms with Crippen LogP contribution in [0.4, 0.5) is 0 Å². The Balaban J connectivity index is 1.51. The molecule has 5 rings (SSSR count). The highest BCUT2D eigenvalue weighted by Gasteiger charge is 2.29. The third kappa shape index (κ3) is 3.51. The van der Waals surface area contributed by atoms with Gasteiger partial charge in [0, 0.05) is 25.8 Å². The summed E-state index contributed by atoms with van der Waals surface area (Å²) in [6.07, 6.45) is 5.97. The Kier molecular flexibility index (Phi) is 5.15. The minimum absolute atomic E-state index is 0.0650. The molecule has 0 saturated carbocycles. The first-order valence-corrected chi connectivity index (χ1v) is 10.7. The van der Waals surface area contributed by atoms with Gasteiger partial charge in [0.1, 0.15) is 11.5 Å². The van der Waals surface area contributed by atoms with Crippen molar-refractivity contribution in [2.45, 2.75) is 12.5 Å². The van der Waals surface area contributed by atoms with Gasteiger partial charge in [0.2, 0.25) is 5.91 Å². The van der Waals surface area contributed by atoms with E-state index in [4.69, 9.17) is 4.74 Å². The maximum Gasteiger partial charge on any atom is 0.334 e. The van der Waals surface area contributed by atoms with Crippen molar-refractivity contribution >= 4 is 18.2 Å². The first kappa shape index (κ1) is 19.9. The predicted octanol–water partition coefficient (Wildman–Crippen LogP) is 1.51. The number of carbonyl (C=O) groups excluding carboxylic acids is 1. The highest BCUT2D eigenvalue weighted by Crippen LogP contribution is 2.22. The van der Waals surface area contributed by atoms with E-state index in [0.29, 0.717) is 25.4 Å². The van der Waals surface area contributed by atoms with Crippen molar-refractivity contribution in [1.29, 1.82) is 0 Å². The van der Waals surface area contributed by atoms with Crippen LogP contribution in [0.1, 0.15) is 12.5 Å². The number of nitrogens with one attached hydrogen (secondary N) is 1. The molecule has 1 unspecified atom stereocenters. The molecule has 162 valence electrons. The lowest BCUT2D eigenvalue weighted by atomic mass is 10.2. The summed E-state index contributed by atoms with van der Waals surface area (Å²) in [5, 5.41) is 4.90. The number of hydrogen-bond acceptors (Lipinski definition) is 4. The number of amides is 1. The van der Waals surface area contributed by atoms with Crippen molar-refractivity contribution in [1.82, 2.24) is 19.4 Å². The third-order valence-corrected chi connectivity index (χ3v) is 5.90. The molecule has 2 aromatic carbocycles. The maximum absolute atomic E-state index is 13.6. The fourth-order valence-electron chi connectivity index (χ4n) is 4.38. The van der Waals surface area contributed by atoms with E-state index in [9.17, 15) is 9.59 Å². The molecule has 2 aliphatic rings. The molecule has 0 bridgehead atoms. The minimum atomic E-state index is -0.110. The molecule has 1 amide bonds. The van der Waals surface area contributed by atoms with Crippen LogP contribution >= 0.6 is 0 Å². The lowest BCUT2D eigenvalue weighted by Gasteiger charge is -2.15. The van der Waals surface area contributed by atoms with E-state index >= 15 is 0 Å². The number of rotatable bonds is 5. The summed E-state index contributed by atoms with van der Waals surface area (Å²) in [5.41, 5.74) is 0.650. The Labute approximate surface area is 185 Å². The van der Waals surface area contributed by atoms with Crippen molar-refractivity contribution in [3.63, 3.8) is 0 Å². The van der Waals surface area contributed by atoms with E-state index in [1.165, 1.54) is 6.08 Å².